The third-order valence-electron chi connectivity index (χ3n) is 5.09. The molecule has 0 N–H and O–H groups in total. The van der Waals surface area contributed by atoms with Crippen LogP contribution in [0.25, 0.3) is 0 Å². The van der Waals surface area contributed by atoms with Crippen molar-refractivity contribution in [3.8, 4) is 0 Å². The van der Waals surface area contributed by atoms with Crippen molar-refractivity contribution < 1.29 is 9.53 Å². The van der Waals surface area contributed by atoms with Gasteiger partial charge in [0.25, 0.3) is 0 Å². The van der Waals surface area contributed by atoms with Gasteiger partial charge in [0.2, 0.25) is 5.91 Å². The summed E-state index contributed by atoms with van der Waals surface area (Å²) < 4.78 is 7.18. The van der Waals surface area contributed by atoms with Crippen LogP contribution in [0.1, 0.15) is 68.6 Å². The minimum absolute atomic E-state index is 0.0812. The Balaban J connectivity index is 1.76. The maximum Gasteiger partial charge on any atom is 0.248 e. The lowest BCUT2D eigenvalue weighted by atomic mass is 9.93. The molecule has 1 aliphatic heterocycles. The third-order valence-corrected chi connectivity index (χ3v) is 5.09. The second-order valence-electron chi connectivity index (χ2n) is 6.87. The lowest BCUT2D eigenvalue weighted by molar-refractivity contribution is -0.136. The van der Waals surface area contributed by atoms with Crippen molar-refractivity contribution in [2.75, 3.05) is 26.8 Å². The number of piperidine rings is 1. The van der Waals surface area contributed by atoms with Crippen LogP contribution < -0.4 is 0 Å². The van der Waals surface area contributed by atoms with E-state index >= 15 is 0 Å². The van der Waals surface area contributed by atoms with Crippen LogP contribution in [0.2, 0.25) is 0 Å². The highest BCUT2D eigenvalue weighted by Crippen LogP contribution is 2.33. The van der Waals surface area contributed by atoms with Crippen LogP contribution in [0.3, 0.4) is 0 Å². The van der Waals surface area contributed by atoms with Gasteiger partial charge in [-0.2, -0.15) is 5.10 Å². The molecule has 1 aromatic heterocycles. The average Bonchev–Trinajstić information content (AvgIpc) is 2.98. The van der Waals surface area contributed by atoms with Gasteiger partial charge in [-0.1, -0.05) is 19.3 Å². The predicted octanol–water partition coefficient (Wildman–Crippen LogP) is 2.44. The van der Waals surface area contributed by atoms with Crippen LogP contribution in [0.15, 0.2) is 0 Å². The van der Waals surface area contributed by atoms with Crippen molar-refractivity contribution in [2.24, 2.45) is 0 Å². The van der Waals surface area contributed by atoms with Gasteiger partial charge in [0.1, 0.15) is 18.3 Å². The number of hydrogen-bond donors (Lipinski definition) is 0. The van der Waals surface area contributed by atoms with E-state index in [4.69, 9.17) is 14.8 Å². The molecule has 23 heavy (non-hydrogen) atoms. The molecule has 2 aliphatic rings. The van der Waals surface area contributed by atoms with E-state index in [1.165, 1.54) is 32.1 Å². The van der Waals surface area contributed by atoms with Gasteiger partial charge in [-0.15, -0.1) is 0 Å². The summed E-state index contributed by atoms with van der Waals surface area (Å²) in [6.07, 6.45) is 8.42. The highest BCUT2D eigenvalue weighted by atomic mass is 16.5. The van der Waals surface area contributed by atoms with E-state index in [1.807, 2.05) is 11.8 Å². The zero-order valence-corrected chi connectivity index (χ0v) is 14.3. The number of likely N-dealkylation sites (tertiary alicyclic amines) is 1. The zero-order valence-electron chi connectivity index (χ0n) is 14.3. The smallest absolute Gasteiger partial charge is 0.248 e. The van der Waals surface area contributed by atoms with Crippen molar-refractivity contribution in [1.29, 1.82) is 0 Å². The molecular weight excluding hydrogens is 292 g/mol. The normalized spacial score (nSPS) is 23.2. The Morgan fingerprint density at radius 3 is 2.74 bits per heavy atom. The summed E-state index contributed by atoms with van der Waals surface area (Å²) in [5.41, 5.74) is 0. The summed E-state index contributed by atoms with van der Waals surface area (Å²) in [6.45, 7) is 3.71. The summed E-state index contributed by atoms with van der Waals surface area (Å²) in [5, 5.41) is 4.69. The Labute approximate surface area is 138 Å². The number of methoxy groups -OCH3 is 1. The van der Waals surface area contributed by atoms with E-state index < -0.39 is 0 Å². The van der Waals surface area contributed by atoms with E-state index in [9.17, 15) is 4.79 Å². The molecule has 0 unspecified atom stereocenters. The number of rotatable bonds is 4. The van der Waals surface area contributed by atoms with Gasteiger partial charge in [-0.25, -0.2) is 9.67 Å². The molecule has 1 saturated heterocycles. The number of hydrogen-bond acceptors (Lipinski definition) is 4. The zero-order chi connectivity index (χ0) is 16.2. The van der Waals surface area contributed by atoms with E-state index in [2.05, 4.69) is 4.68 Å². The molecule has 1 saturated carbocycles. The molecular formula is C17H28N4O2. The van der Waals surface area contributed by atoms with E-state index in [0.717, 1.165) is 37.6 Å². The first-order valence-electron chi connectivity index (χ1n) is 8.88. The third kappa shape index (κ3) is 3.74. The van der Waals surface area contributed by atoms with E-state index in [1.54, 1.807) is 7.11 Å². The summed E-state index contributed by atoms with van der Waals surface area (Å²) in [4.78, 5) is 18.8. The Hall–Kier alpha value is -1.43. The highest BCUT2D eigenvalue weighted by Gasteiger charge is 2.30. The van der Waals surface area contributed by atoms with Crippen LogP contribution in [-0.4, -0.2) is 52.4 Å². The minimum Gasteiger partial charge on any atom is -0.375 e. The number of ether oxygens (including phenoxy) is 1. The molecule has 3 rings (SSSR count). The second-order valence-corrected chi connectivity index (χ2v) is 6.87. The van der Waals surface area contributed by atoms with Gasteiger partial charge in [0, 0.05) is 26.1 Å². The number of amides is 1. The fraction of sp³-hybridized carbons (Fsp3) is 0.824. The first kappa shape index (κ1) is 16.4. The Kier molecular flexibility index (Phi) is 5.30. The number of carbonyl (C=O) groups excluding carboxylic acids is 1. The maximum absolute atomic E-state index is 12.1. The van der Waals surface area contributed by atoms with Crippen molar-refractivity contribution in [3.05, 3.63) is 11.6 Å². The monoisotopic (exact) mass is 320 g/mol. The maximum atomic E-state index is 12.1. The van der Waals surface area contributed by atoms with E-state index in [-0.39, 0.29) is 12.5 Å². The fourth-order valence-electron chi connectivity index (χ4n) is 3.95. The van der Waals surface area contributed by atoms with Gasteiger partial charge < -0.3 is 9.64 Å². The minimum atomic E-state index is 0.0812. The molecule has 6 nitrogen and oxygen atoms in total. The second kappa shape index (κ2) is 7.43. The number of aryl methyl sites for hydroxylation is 1. The van der Waals surface area contributed by atoms with Crippen LogP contribution in [0.4, 0.5) is 0 Å². The molecule has 1 aliphatic carbocycles. The first-order valence-corrected chi connectivity index (χ1v) is 8.88. The number of nitrogens with zero attached hydrogens (tertiary/aromatic N) is 4. The summed E-state index contributed by atoms with van der Waals surface area (Å²) in [5.74, 6) is 2.32. The SMILES string of the molecule is COCC(=O)N1CCC[C@H](c2nc(C)nn2C2CCCCC2)C1. The topological polar surface area (TPSA) is 60.2 Å². The van der Waals surface area contributed by atoms with Crippen molar-refractivity contribution in [1.82, 2.24) is 19.7 Å². The van der Waals surface area contributed by atoms with Gasteiger partial charge in [0.05, 0.1) is 6.04 Å². The highest BCUT2D eigenvalue weighted by molar-refractivity contribution is 5.77. The van der Waals surface area contributed by atoms with Crippen LogP contribution in [0, 0.1) is 6.92 Å². The standard InChI is InChI=1S/C17H28N4O2/c1-13-18-17(21(19-13)15-8-4-3-5-9-15)14-7-6-10-20(11-14)16(22)12-23-2/h14-15H,3-12H2,1-2H3/t14-/m0/s1. The predicted molar refractivity (Wildman–Crippen MR) is 87.3 cm³/mol. The molecule has 2 heterocycles. The van der Waals surface area contributed by atoms with Gasteiger partial charge in [0.15, 0.2) is 0 Å². The number of aromatic nitrogens is 3. The molecule has 1 amide bonds. The van der Waals surface area contributed by atoms with Crippen molar-refractivity contribution >= 4 is 5.91 Å². The van der Waals surface area contributed by atoms with Crippen LogP contribution in [0.5, 0.6) is 0 Å². The van der Waals surface area contributed by atoms with E-state index in [0.29, 0.717) is 12.0 Å². The summed E-state index contributed by atoms with van der Waals surface area (Å²) >= 11 is 0. The molecule has 1 atom stereocenters. The molecule has 0 bridgehead atoms. The lowest BCUT2D eigenvalue weighted by Gasteiger charge is -2.33. The summed E-state index contributed by atoms with van der Waals surface area (Å²) in [6, 6.07) is 0.491. The lowest BCUT2D eigenvalue weighted by Crippen LogP contribution is -2.41. The molecule has 0 radical (unpaired) electrons. The van der Waals surface area contributed by atoms with Gasteiger partial charge in [-0.05, 0) is 32.6 Å². The Morgan fingerprint density at radius 2 is 2.00 bits per heavy atom. The molecule has 0 aromatic carbocycles. The van der Waals surface area contributed by atoms with Crippen LogP contribution in [-0.2, 0) is 9.53 Å². The Morgan fingerprint density at radius 1 is 1.22 bits per heavy atom. The average molecular weight is 320 g/mol. The molecule has 2 fully saturated rings. The molecule has 128 valence electrons. The quantitative estimate of drug-likeness (QED) is 0.855. The largest absolute Gasteiger partial charge is 0.375 e. The Bertz CT molecular complexity index is 537. The van der Waals surface area contributed by atoms with Crippen LogP contribution >= 0.6 is 0 Å². The molecule has 6 heteroatoms. The molecule has 0 spiro atoms. The van der Waals surface area contributed by atoms with Gasteiger partial charge >= 0.3 is 0 Å². The van der Waals surface area contributed by atoms with Crippen molar-refractivity contribution in [3.63, 3.8) is 0 Å². The first-order chi connectivity index (χ1) is 11.2. The van der Waals surface area contributed by atoms with Gasteiger partial charge in [-0.3, -0.25) is 4.79 Å². The molecule has 1 aromatic rings. The summed E-state index contributed by atoms with van der Waals surface area (Å²) in [7, 11) is 1.57. The fourth-order valence-corrected chi connectivity index (χ4v) is 3.95. The van der Waals surface area contributed by atoms with Crippen molar-refractivity contribution in [2.45, 2.75) is 63.8 Å². The number of carbonyl (C=O) groups is 1.